The van der Waals surface area contributed by atoms with Crippen LogP contribution in [0, 0.1) is 6.92 Å². The third-order valence-corrected chi connectivity index (χ3v) is 2.75. The molecule has 3 aromatic rings. The standard InChI is InChI=1S/C14H12N4O2/c1-9-8-12(18-20-9)17-14(19)16-11-6-2-4-10-5-3-7-15-13(10)11/h2-8H,1H3,(H2,16,17,18,19). The minimum atomic E-state index is -0.392. The maximum atomic E-state index is 11.9. The summed E-state index contributed by atoms with van der Waals surface area (Å²) in [6.45, 7) is 1.75. The maximum Gasteiger partial charge on any atom is 0.325 e. The average Bonchev–Trinajstić information content (AvgIpc) is 2.84. The van der Waals surface area contributed by atoms with Gasteiger partial charge in [0.05, 0.1) is 11.2 Å². The van der Waals surface area contributed by atoms with Gasteiger partial charge >= 0.3 is 6.03 Å². The van der Waals surface area contributed by atoms with E-state index in [-0.39, 0.29) is 0 Å². The van der Waals surface area contributed by atoms with E-state index in [9.17, 15) is 4.79 Å². The van der Waals surface area contributed by atoms with Crippen LogP contribution >= 0.6 is 0 Å². The van der Waals surface area contributed by atoms with E-state index in [1.807, 2.05) is 24.3 Å². The summed E-state index contributed by atoms with van der Waals surface area (Å²) in [4.78, 5) is 16.2. The Labute approximate surface area is 114 Å². The molecule has 0 unspecified atom stereocenters. The van der Waals surface area contributed by atoms with Crippen LogP contribution in [-0.2, 0) is 0 Å². The van der Waals surface area contributed by atoms with E-state index in [0.29, 0.717) is 17.3 Å². The highest BCUT2D eigenvalue weighted by molar-refractivity contribution is 6.04. The molecule has 0 spiro atoms. The summed E-state index contributed by atoms with van der Waals surface area (Å²) in [6.07, 6.45) is 1.69. The van der Waals surface area contributed by atoms with E-state index in [4.69, 9.17) is 4.52 Å². The predicted octanol–water partition coefficient (Wildman–Crippen LogP) is 3.18. The molecule has 20 heavy (non-hydrogen) atoms. The van der Waals surface area contributed by atoms with Gasteiger partial charge in [0.1, 0.15) is 5.76 Å². The quantitative estimate of drug-likeness (QED) is 0.748. The van der Waals surface area contributed by atoms with E-state index in [2.05, 4.69) is 20.8 Å². The number of nitrogens with one attached hydrogen (secondary N) is 2. The summed E-state index contributed by atoms with van der Waals surface area (Å²) >= 11 is 0. The number of hydrogen-bond acceptors (Lipinski definition) is 4. The highest BCUT2D eigenvalue weighted by atomic mass is 16.5. The van der Waals surface area contributed by atoms with Crippen molar-refractivity contribution in [3.05, 3.63) is 48.4 Å². The second-order valence-electron chi connectivity index (χ2n) is 4.28. The second-order valence-corrected chi connectivity index (χ2v) is 4.28. The molecule has 0 aliphatic rings. The van der Waals surface area contributed by atoms with E-state index in [1.54, 1.807) is 25.3 Å². The minimum Gasteiger partial charge on any atom is -0.360 e. The van der Waals surface area contributed by atoms with Gasteiger partial charge in [-0.3, -0.25) is 10.3 Å². The van der Waals surface area contributed by atoms with Crippen LogP contribution in [0.25, 0.3) is 10.9 Å². The molecule has 2 N–H and O–H groups in total. The monoisotopic (exact) mass is 268 g/mol. The molecule has 0 atom stereocenters. The molecule has 6 heteroatoms. The Morgan fingerprint density at radius 2 is 2.05 bits per heavy atom. The molecule has 2 heterocycles. The summed E-state index contributed by atoms with van der Waals surface area (Å²) < 4.78 is 4.88. The molecule has 1 aromatic carbocycles. The third kappa shape index (κ3) is 2.44. The Bertz CT molecular complexity index is 761. The first-order chi connectivity index (χ1) is 9.72. The van der Waals surface area contributed by atoms with E-state index < -0.39 is 6.03 Å². The number of fused-ring (bicyclic) bond motifs is 1. The number of rotatable bonds is 2. The van der Waals surface area contributed by atoms with Crippen molar-refractivity contribution in [2.75, 3.05) is 10.6 Å². The van der Waals surface area contributed by atoms with Crippen LogP contribution in [0.2, 0.25) is 0 Å². The fourth-order valence-corrected chi connectivity index (χ4v) is 1.90. The number of benzene rings is 1. The van der Waals surface area contributed by atoms with Crippen LogP contribution in [0.3, 0.4) is 0 Å². The van der Waals surface area contributed by atoms with Gasteiger partial charge < -0.3 is 9.84 Å². The number of carbonyl (C=O) groups is 1. The summed E-state index contributed by atoms with van der Waals surface area (Å²) in [5.74, 6) is 1.00. The maximum absolute atomic E-state index is 11.9. The molecule has 0 saturated heterocycles. The zero-order valence-electron chi connectivity index (χ0n) is 10.8. The summed E-state index contributed by atoms with van der Waals surface area (Å²) in [6, 6.07) is 10.6. The van der Waals surface area contributed by atoms with E-state index >= 15 is 0 Å². The number of urea groups is 1. The van der Waals surface area contributed by atoms with Gasteiger partial charge in [0.25, 0.3) is 0 Å². The SMILES string of the molecule is Cc1cc(NC(=O)Nc2cccc3cccnc23)no1. The van der Waals surface area contributed by atoms with Gasteiger partial charge in [0, 0.05) is 17.6 Å². The summed E-state index contributed by atoms with van der Waals surface area (Å²) in [5, 5.41) is 10.00. The van der Waals surface area contributed by atoms with Crippen molar-refractivity contribution in [3.63, 3.8) is 0 Å². The molecule has 0 fully saturated rings. The summed E-state index contributed by atoms with van der Waals surface area (Å²) in [5.41, 5.74) is 1.38. The highest BCUT2D eigenvalue weighted by Crippen LogP contribution is 2.20. The first kappa shape index (κ1) is 12.2. The van der Waals surface area contributed by atoms with Gasteiger partial charge in [0.2, 0.25) is 0 Å². The molecule has 0 radical (unpaired) electrons. The minimum absolute atomic E-state index is 0.369. The molecule has 0 bridgehead atoms. The molecule has 0 aliphatic heterocycles. The number of amides is 2. The van der Waals surface area contributed by atoms with Crippen LogP contribution < -0.4 is 10.6 Å². The van der Waals surface area contributed by atoms with Crippen molar-refractivity contribution in [1.29, 1.82) is 0 Å². The van der Waals surface area contributed by atoms with Crippen LogP contribution in [0.4, 0.5) is 16.3 Å². The number of para-hydroxylation sites is 1. The number of anilines is 2. The zero-order valence-corrected chi connectivity index (χ0v) is 10.8. The summed E-state index contributed by atoms with van der Waals surface area (Å²) in [7, 11) is 0. The Kier molecular flexibility index (Phi) is 3.04. The molecule has 3 rings (SSSR count). The number of nitrogens with zero attached hydrogens (tertiary/aromatic N) is 2. The van der Waals surface area contributed by atoms with Crippen LogP contribution in [-0.4, -0.2) is 16.2 Å². The molecule has 100 valence electrons. The topological polar surface area (TPSA) is 80.0 Å². The fraction of sp³-hybridized carbons (Fsp3) is 0.0714. The van der Waals surface area contributed by atoms with Crippen molar-refractivity contribution < 1.29 is 9.32 Å². The smallest absolute Gasteiger partial charge is 0.325 e. The highest BCUT2D eigenvalue weighted by Gasteiger charge is 2.08. The molecule has 0 aliphatic carbocycles. The molecule has 2 aromatic heterocycles. The second kappa shape index (κ2) is 5.00. The number of hydrogen-bond donors (Lipinski definition) is 2. The zero-order chi connectivity index (χ0) is 13.9. The fourth-order valence-electron chi connectivity index (χ4n) is 1.90. The van der Waals surface area contributed by atoms with E-state index in [1.165, 1.54) is 0 Å². The molecular formula is C14H12N4O2. The van der Waals surface area contributed by atoms with Crippen molar-refractivity contribution in [3.8, 4) is 0 Å². The lowest BCUT2D eigenvalue weighted by Crippen LogP contribution is -2.19. The van der Waals surface area contributed by atoms with Crippen LogP contribution in [0.15, 0.2) is 47.1 Å². The largest absolute Gasteiger partial charge is 0.360 e. The first-order valence-electron chi connectivity index (χ1n) is 6.07. The number of carbonyl (C=O) groups excluding carboxylic acids is 1. The number of aryl methyl sites for hydroxylation is 1. The van der Waals surface area contributed by atoms with Crippen molar-refractivity contribution in [1.82, 2.24) is 10.1 Å². The Balaban J connectivity index is 1.81. The van der Waals surface area contributed by atoms with Crippen molar-refractivity contribution in [2.45, 2.75) is 6.92 Å². The Morgan fingerprint density at radius 3 is 2.85 bits per heavy atom. The van der Waals surface area contributed by atoms with Crippen LogP contribution in [0.5, 0.6) is 0 Å². The van der Waals surface area contributed by atoms with Crippen molar-refractivity contribution >= 4 is 28.4 Å². The third-order valence-electron chi connectivity index (χ3n) is 2.75. The predicted molar refractivity (Wildman–Crippen MR) is 75.6 cm³/mol. The Morgan fingerprint density at radius 1 is 1.20 bits per heavy atom. The van der Waals surface area contributed by atoms with Crippen LogP contribution in [0.1, 0.15) is 5.76 Å². The molecule has 2 amide bonds. The van der Waals surface area contributed by atoms with E-state index in [0.717, 1.165) is 10.9 Å². The van der Waals surface area contributed by atoms with Gasteiger partial charge in [-0.15, -0.1) is 0 Å². The molecule has 0 saturated carbocycles. The lowest BCUT2D eigenvalue weighted by molar-refractivity contribution is 0.262. The van der Waals surface area contributed by atoms with Gasteiger partial charge in [0.15, 0.2) is 5.82 Å². The molecular weight excluding hydrogens is 256 g/mol. The average molecular weight is 268 g/mol. The normalized spacial score (nSPS) is 10.4. The number of aromatic nitrogens is 2. The Hall–Kier alpha value is -2.89. The van der Waals surface area contributed by atoms with Gasteiger partial charge in [-0.05, 0) is 19.1 Å². The number of pyridine rings is 1. The van der Waals surface area contributed by atoms with Crippen molar-refractivity contribution in [2.24, 2.45) is 0 Å². The lowest BCUT2D eigenvalue weighted by atomic mass is 10.2. The van der Waals surface area contributed by atoms with Gasteiger partial charge in [-0.25, -0.2) is 4.79 Å². The first-order valence-corrected chi connectivity index (χ1v) is 6.07. The lowest BCUT2D eigenvalue weighted by Gasteiger charge is -2.07. The van der Waals surface area contributed by atoms with Gasteiger partial charge in [-0.1, -0.05) is 23.4 Å². The van der Waals surface area contributed by atoms with Gasteiger partial charge in [-0.2, -0.15) is 0 Å². The molecule has 6 nitrogen and oxygen atoms in total.